The van der Waals surface area contributed by atoms with Crippen molar-refractivity contribution in [1.29, 1.82) is 0 Å². The Bertz CT molecular complexity index is 439. The highest BCUT2D eigenvalue weighted by atomic mass is 79.9. The molecular formula is C17H27BrN2O. The lowest BCUT2D eigenvalue weighted by molar-refractivity contribution is 0.0442. The summed E-state index contributed by atoms with van der Waals surface area (Å²) in [4.78, 5) is 2.43. The minimum atomic E-state index is 0.588. The average molecular weight is 355 g/mol. The van der Waals surface area contributed by atoms with Gasteiger partial charge in [0, 0.05) is 17.1 Å². The van der Waals surface area contributed by atoms with E-state index in [4.69, 9.17) is 4.74 Å². The van der Waals surface area contributed by atoms with Crippen LogP contribution in [-0.2, 0) is 17.9 Å². The number of benzene rings is 1. The van der Waals surface area contributed by atoms with Crippen LogP contribution in [0.4, 0.5) is 0 Å². The number of ether oxygens (including phenoxy) is 1. The standard InChI is InChI=1S/C17H27BrN2O/c1-3-19-11-14-7-8-15(17(18)10-14)12-21-13-16-6-4-5-9-20(16)2/h7-8,10,16,19H,3-6,9,11-13H2,1-2H3. The number of likely N-dealkylation sites (tertiary alicyclic amines) is 1. The molecule has 1 aliphatic heterocycles. The Hall–Kier alpha value is -0.420. The first kappa shape index (κ1) is 16.9. The molecule has 0 saturated carbocycles. The average Bonchev–Trinajstić information content (AvgIpc) is 2.49. The molecule has 1 heterocycles. The normalized spacial score (nSPS) is 19.9. The molecule has 0 radical (unpaired) electrons. The quantitative estimate of drug-likeness (QED) is 0.810. The Kier molecular flexibility index (Phi) is 7.17. The van der Waals surface area contributed by atoms with Crippen molar-refractivity contribution < 1.29 is 4.74 Å². The summed E-state index contributed by atoms with van der Waals surface area (Å²) in [5.74, 6) is 0. The molecule has 0 spiro atoms. The second kappa shape index (κ2) is 8.89. The summed E-state index contributed by atoms with van der Waals surface area (Å²) in [5.41, 5.74) is 2.54. The van der Waals surface area contributed by atoms with Gasteiger partial charge in [0.2, 0.25) is 0 Å². The van der Waals surface area contributed by atoms with E-state index in [1.807, 2.05) is 0 Å². The fourth-order valence-corrected chi connectivity index (χ4v) is 3.29. The van der Waals surface area contributed by atoms with Crippen LogP contribution in [0, 0.1) is 0 Å². The summed E-state index contributed by atoms with van der Waals surface area (Å²) < 4.78 is 7.09. The Morgan fingerprint density at radius 1 is 1.38 bits per heavy atom. The molecule has 1 N–H and O–H groups in total. The number of nitrogens with zero attached hydrogens (tertiary/aromatic N) is 1. The van der Waals surface area contributed by atoms with E-state index in [2.05, 4.69) is 58.3 Å². The first-order valence-electron chi connectivity index (χ1n) is 7.96. The molecule has 1 aromatic rings. The maximum Gasteiger partial charge on any atom is 0.0728 e. The van der Waals surface area contributed by atoms with Gasteiger partial charge in [-0.15, -0.1) is 0 Å². The van der Waals surface area contributed by atoms with Gasteiger partial charge in [-0.3, -0.25) is 0 Å². The third-order valence-electron chi connectivity index (χ3n) is 4.19. The van der Waals surface area contributed by atoms with Crippen LogP contribution >= 0.6 is 15.9 Å². The lowest BCUT2D eigenvalue weighted by Crippen LogP contribution is -2.39. The molecule has 1 atom stereocenters. The number of rotatable bonds is 7. The number of halogens is 1. The maximum absolute atomic E-state index is 5.94. The minimum Gasteiger partial charge on any atom is -0.375 e. The van der Waals surface area contributed by atoms with Gasteiger partial charge in [-0.05, 0) is 50.2 Å². The zero-order chi connectivity index (χ0) is 15.1. The van der Waals surface area contributed by atoms with Gasteiger partial charge >= 0.3 is 0 Å². The number of hydrogen-bond donors (Lipinski definition) is 1. The summed E-state index contributed by atoms with van der Waals surface area (Å²) in [6.07, 6.45) is 3.92. The predicted octanol–water partition coefficient (Wildman–Crippen LogP) is 3.56. The van der Waals surface area contributed by atoms with Crippen molar-refractivity contribution in [2.45, 2.75) is 45.4 Å². The van der Waals surface area contributed by atoms with Crippen LogP contribution in [0.2, 0.25) is 0 Å². The smallest absolute Gasteiger partial charge is 0.0728 e. The lowest BCUT2D eigenvalue weighted by atomic mass is 10.0. The van der Waals surface area contributed by atoms with Crippen LogP contribution in [0.25, 0.3) is 0 Å². The van der Waals surface area contributed by atoms with Crippen LogP contribution in [0.5, 0.6) is 0 Å². The molecule has 2 rings (SSSR count). The van der Waals surface area contributed by atoms with Gasteiger partial charge in [0.25, 0.3) is 0 Å². The van der Waals surface area contributed by atoms with Crippen LogP contribution in [-0.4, -0.2) is 37.7 Å². The second-order valence-corrected chi connectivity index (χ2v) is 6.71. The van der Waals surface area contributed by atoms with Crippen molar-refractivity contribution in [1.82, 2.24) is 10.2 Å². The minimum absolute atomic E-state index is 0.588. The Morgan fingerprint density at radius 3 is 2.95 bits per heavy atom. The molecule has 1 aliphatic rings. The number of piperidine rings is 1. The first-order chi connectivity index (χ1) is 10.2. The summed E-state index contributed by atoms with van der Waals surface area (Å²) >= 11 is 3.66. The van der Waals surface area contributed by atoms with Crippen molar-refractivity contribution in [3.05, 3.63) is 33.8 Å². The fraction of sp³-hybridized carbons (Fsp3) is 0.647. The molecule has 3 nitrogen and oxygen atoms in total. The van der Waals surface area contributed by atoms with E-state index >= 15 is 0 Å². The molecule has 0 bridgehead atoms. The van der Waals surface area contributed by atoms with Crippen molar-refractivity contribution in [2.24, 2.45) is 0 Å². The molecule has 4 heteroatoms. The van der Waals surface area contributed by atoms with Gasteiger partial charge < -0.3 is 15.0 Å². The molecule has 1 aromatic carbocycles. The van der Waals surface area contributed by atoms with Crippen LogP contribution in [0.1, 0.15) is 37.3 Å². The van der Waals surface area contributed by atoms with E-state index in [9.17, 15) is 0 Å². The van der Waals surface area contributed by atoms with Crippen LogP contribution in [0.3, 0.4) is 0 Å². The van der Waals surface area contributed by atoms with Crippen LogP contribution < -0.4 is 5.32 Å². The molecule has 0 aromatic heterocycles. The van der Waals surface area contributed by atoms with Gasteiger partial charge in [-0.1, -0.05) is 41.4 Å². The topological polar surface area (TPSA) is 24.5 Å². The monoisotopic (exact) mass is 354 g/mol. The zero-order valence-electron chi connectivity index (χ0n) is 13.2. The third-order valence-corrected chi connectivity index (χ3v) is 4.92. The summed E-state index contributed by atoms with van der Waals surface area (Å²) in [7, 11) is 2.21. The van der Waals surface area contributed by atoms with E-state index < -0.39 is 0 Å². The van der Waals surface area contributed by atoms with Crippen molar-refractivity contribution >= 4 is 15.9 Å². The molecule has 0 amide bonds. The summed E-state index contributed by atoms with van der Waals surface area (Å²) in [5, 5.41) is 3.34. The summed E-state index contributed by atoms with van der Waals surface area (Å²) in [6, 6.07) is 7.12. The molecular weight excluding hydrogens is 328 g/mol. The van der Waals surface area contributed by atoms with E-state index in [0.717, 1.165) is 24.2 Å². The van der Waals surface area contributed by atoms with E-state index in [0.29, 0.717) is 12.6 Å². The molecule has 1 saturated heterocycles. The van der Waals surface area contributed by atoms with Gasteiger partial charge in [0.15, 0.2) is 0 Å². The Balaban J connectivity index is 1.80. The largest absolute Gasteiger partial charge is 0.375 e. The Labute approximate surface area is 137 Å². The zero-order valence-corrected chi connectivity index (χ0v) is 14.8. The highest BCUT2D eigenvalue weighted by Crippen LogP contribution is 2.21. The van der Waals surface area contributed by atoms with Crippen molar-refractivity contribution in [3.63, 3.8) is 0 Å². The number of hydrogen-bond acceptors (Lipinski definition) is 3. The first-order valence-corrected chi connectivity index (χ1v) is 8.76. The lowest BCUT2D eigenvalue weighted by Gasteiger charge is -2.32. The molecule has 1 unspecified atom stereocenters. The SMILES string of the molecule is CCNCc1ccc(COCC2CCCCN2C)c(Br)c1. The predicted molar refractivity (Wildman–Crippen MR) is 91.4 cm³/mol. The summed E-state index contributed by atoms with van der Waals surface area (Å²) in [6.45, 7) is 6.77. The Morgan fingerprint density at radius 2 is 2.24 bits per heavy atom. The highest BCUT2D eigenvalue weighted by molar-refractivity contribution is 9.10. The maximum atomic E-state index is 5.94. The fourth-order valence-electron chi connectivity index (χ4n) is 2.75. The van der Waals surface area contributed by atoms with E-state index in [1.165, 1.54) is 36.9 Å². The van der Waals surface area contributed by atoms with Gasteiger partial charge in [-0.25, -0.2) is 0 Å². The second-order valence-electron chi connectivity index (χ2n) is 5.85. The van der Waals surface area contributed by atoms with Gasteiger partial charge in [0.05, 0.1) is 13.2 Å². The van der Waals surface area contributed by atoms with Crippen molar-refractivity contribution in [3.8, 4) is 0 Å². The van der Waals surface area contributed by atoms with Gasteiger partial charge in [-0.2, -0.15) is 0 Å². The molecule has 1 fully saturated rings. The number of nitrogens with one attached hydrogen (secondary N) is 1. The third kappa shape index (κ3) is 5.37. The van der Waals surface area contributed by atoms with Crippen molar-refractivity contribution in [2.75, 3.05) is 26.7 Å². The van der Waals surface area contributed by atoms with Gasteiger partial charge in [0.1, 0.15) is 0 Å². The van der Waals surface area contributed by atoms with Crippen LogP contribution in [0.15, 0.2) is 22.7 Å². The molecule has 0 aliphatic carbocycles. The number of likely N-dealkylation sites (N-methyl/N-ethyl adjacent to an activating group) is 1. The molecule has 118 valence electrons. The molecule has 21 heavy (non-hydrogen) atoms. The van der Waals surface area contributed by atoms with E-state index in [-0.39, 0.29) is 0 Å². The highest BCUT2D eigenvalue weighted by Gasteiger charge is 2.18. The van der Waals surface area contributed by atoms with E-state index in [1.54, 1.807) is 0 Å².